The van der Waals surface area contributed by atoms with Gasteiger partial charge in [-0.25, -0.2) is 0 Å². The average Bonchev–Trinajstić information content (AvgIpc) is 2.29. The fourth-order valence-corrected chi connectivity index (χ4v) is 2.67. The Labute approximate surface area is 119 Å². The number of aryl methyl sites for hydroxylation is 1. The number of rotatable bonds is 3. The van der Waals surface area contributed by atoms with Gasteiger partial charge in [0.1, 0.15) is 10.1 Å². The molecule has 0 aliphatic heterocycles. The van der Waals surface area contributed by atoms with Crippen molar-refractivity contribution in [3.05, 3.63) is 28.8 Å². The van der Waals surface area contributed by atoms with Crippen LogP contribution in [0.5, 0.6) is 5.75 Å². The molecule has 0 unspecified atom stereocenters. The highest BCUT2D eigenvalue weighted by Crippen LogP contribution is 2.30. The number of nitrogens with zero attached hydrogens (tertiary/aromatic N) is 1. The van der Waals surface area contributed by atoms with E-state index in [9.17, 15) is 5.11 Å². The van der Waals surface area contributed by atoms with Gasteiger partial charge in [-0.05, 0) is 35.6 Å². The van der Waals surface area contributed by atoms with Crippen LogP contribution in [0.3, 0.4) is 0 Å². The van der Waals surface area contributed by atoms with Crippen LogP contribution < -0.4 is 0 Å². The second kappa shape index (κ2) is 6.43. The Hall–Kier alpha value is -0.740. The van der Waals surface area contributed by atoms with Gasteiger partial charge in [-0.1, -0.05) is 43.9 Å². The van der Waals surface area contributed by atoms with Crippen molar-refractivity contribution >= 4 is 28.3 Å². The molecule has 0 aliphatic carbocycles. The van der Waals surface area contributed by atoms with Crippen LogP contribution in [0.15, 0.2) is 12.1 Å². The summed E-state index contributed by atoms with van der Waals surface area (Å²) in [6.07, 6.45) is 0. The van der Waals surface area contributed by atoms with Crippen molar-refractivity contribution in [2.45, 2.75) is 32.4 Å². The highest BCUT2D eigenvalue weighted by atomic mass is 32.2. The maximum atomic E-state index is 9.80. The number of phenols is 1. The molecule has 0 aliphatic rings. The Kier molecular flexibility index (Phi) is 5.47. The molecule has 2 nitrogen and oxygen atoms in total. The van der Waals surface area contributed by atoms with Gasteiger partial charge in [0.2, 0.25) is 0 Å². The number of thioether (sulfide) groups is 1. The first-order valence-corrected chi connectivity index (χ1v) is 7.38. The highest BCUT2D eigenvalue weighted by molar-refractivity contribution is 8.22. The van der Waals surface area contributed by atoms with E-state index in [2.05, 4.69) is 19.9 Å². The van der Waals surface area contributed by atoms with E-state index in [1.165, 1.54) is 11.1 Å². The minimum atomic E-state index is 0.377. The molecule has 0 heterocycles. The van der Waals surface area contributed by atoms with Gasteiger partial charge in [0.15, 0.2) is 0 Å². The lowest BCUT2D eigenvalue weighted by atomic mass is 9.96. The normalized spacial score (nSPS) is 10.8. The Balaban J connectivity index is 2.93. The van der Waals surface area contributed by atoms with Gasteiger partial charge >= 0.3 is 0 Å². The fraction of sp³-hybridized carbons (Fsp3) is 0.500. The van der Waals surface area contributed by atoms with Gasteiger partial charge in [-0.3, -0.25) is 0 Å². The maximum Gasteiger partial charge on any atom is 0.136 e. The summed E-state index contributed by atoms with van der Waals surface area (Å²) >= 11 is 6.94. The molecule has 4 heteroatoms. The topological polar surface area (TPSA) is 23.5 Å². The zero-order valence-electron chi connectivity index (χ0n) is 11.7. The fourth-order valence-electron chi connectivity index (χ4n) is 1.70. The average molecular weight is 283 g/mol. The summed E-state index contributed by atoms with van der Waals surface area (Å²) in [5, 5.41) is 9.80. The second-order valence-electron chi connectivity index (χ2n) is 4.94. The minimum Gasteiger partial charge on any atom is -0.508 e. The maximum absolute atomic E-state index is 9.80. The van der Waals surface area contributed by atoms with E-state index >= 15 is 0 Å². The van der Waals surface area contributed by atoms with Gasteiger partial charge in [0.25, 0.3) is 0 Å². The van der Waals surface area contributed by atoms with Crippen molar-refractivity contribution in [2.24, 2.45) is 0 Å². The van der Waals surface area contributed by atoms with Gasteiger partial charge in [0.05, 0.1) is 0 Å². The Bertz CT molecular complexity index is 442. The van der Waals surface area contributed by atoms with Crippen molar-refractivity contribution < 1.29 is 5.11 Å². The van der Waals surface area contributed by atoms with Crippen LogP contribution in [0.25, 0.3) is 0 Å². The van der Waals surface area contributed by atoms with E-state index in [1.54, 1.807) is 11.8 Å². The van der Waals surface area contributed by atoms with Crippen LogP contribution >= 0.6 is 24.0 Å². The molecule has 1 aromatic carbocycles. The van der Waals surface area contributed by atoms with Gasteiger partial charge in [0, 0.05) is 19.8 Å². The van der Waals surface area contributed by atoms with E-state index < -0.39 is 0 Å². The van der Waals surface area contributed by atoms with Crippen LogP contribution in [0.4, 0.5) is 0 Å². The third kappa shape index (κ3) is 3.89. The predicted molar refractivity (Wildman–Crippen MR) is 84.5 cm³/mol. The molecule has 0 amide bonds. The number of aromatic hydroxyl groups is 1. The van der Waals surface area contributed by atoms with Crippen molar-refractivity contribution in [1.82, 2.24) is 4.90 Å². The molecule has 0 spiro atoms. The smallest absolute Gasteiger partial charge is 0.136 e. The number of phenolic OH excluding ortho intramolecular Hbond substituents is 1. The van der Waals surface area contributed by atoms with Crippen molar-refractivity contribution in [2.75, 3.05) is 14.1 Å². The van der Waals surface area contributed by atoms with Gasteiger partial charge < -0.3 is 10.0 Å². The Morgan fingerprint density at radius 2 is 2.00 bits per heavy atom. The zero-order chi connectivity index (χ0) is 13.9. The molecule has 1 aromatic rings. The molecule has 0 aromatic heterocycles. The molecule has 0 saturated heterocycles. The summed E-state index contributed by atoms with van der Waals surface area (Å²) < 4.78 is 0.885. The number of hydrogen-bond acceptors (Lipinski definition) is 3. The summed E-state index contributed by atoms with van der Waals surface area (Å²) in [5.74, 6) is 1.63. The quantitative estimate of drug-likeness (QED) is 0.850. The molecule has 0 bridgehead atoms. The van der Waals surface area contributed by atoms with Crippen molar-refractivity contribution in [3.63, 3.8) is 0 Å². The first kappa shape index (κ1) is 15.3. The van der Waals surface area contributed by atoms with E-state index in [1.807, 2.05) is 32.0 Å². The lowest BCUT2D eigenvalue weighted by Crippen LogP contribution is -2.16. The molecule has 0 saturated carbocycles. The SMILES string of the molecule is Cc1cc(CSC(=S)N(C)C)c(C(C)C)cc1O. The summed E-state index contributed by atoms with van der Waals surface area (Å²) in [7, 11) is 3.92. The second-order valence-corrected chi connectivity index (χ2v) is 6.55. The summed E-state index contributed by atoms with van der Waals surface area (Å²) in [6.45, 7) is 6.21. The summed E-state index contributed by atoms with van der Waals surface area (Å²) in [5.41, 5.74) is 3.38. The van der Waals surface area contributed by atoms with Crippen molar-refractivity contribution in [3.8, 4) is 5.75 Å². The summed E-state index contributed by atoms with van der Waals surface area (Å²) in [4.78, 5) is 1.95. The van der Waals surface area contributed by atoms with Gasteiger partial charge in [-0.2, -0.15) is 0 Å². The van der Waals surface area contributed by atoms with Crippen LogP contribution in [0.2, 0.25) is 0 Å². The van der Waals surface area contributed by atoms with E-state index in [4.69, 9.17) is 12.2 Å². The molecule has 0 radical (unpaired) electrons. The molecular weight excluding hydrogens is 262 g/mol. The van der Waals surface area contributed by atoms with Crippen LogP contribution in [0.1, 0.15) is 36.5 Å². The molecular formula is C14H21NOS2. The number of benzene rings is 1. The van der Waals surface area contributed by atoms with Crippen LogP contribution in [0, 0.1) is 6.92 Å². The monoisotopic (exact) mass is 283 g/mol. The van der Waals surface area contributed by atoms with Crippen LogP contribution in [-0.4, -0.2) is 28.4 Å². The Morgan fingerprint density at radius 3 is 2.50 bits per heavy atom. The standard InChI is InChI=1S/C14H21NOS2/c1-9(2)12-7-13(16)10(3)6-11(12)8-18-14(17)15(4)5/h6-7,9,16H,8H2,1-5H3. The first-order chi connectivity index (χ1) is 8.32. The van der Waals surface area contributed by atoms with Crippen LogP contribution in [-0.2, 0) is 5.75 Å². The lowest BCUT2D eigenvalue weighted by molar-refractivity contribution is 0.469. The van der Waals surface area contributed by atoms with E-state index in [-0.39, 0.29) is 0 Å². The molecule has 18 heavy (non-hydrogen) atoms. The number of thiocarbonyl (C=S) groups is 1. The van der Waals surface area contributed by atoms with E-state index in [0.29, 0.717) is 11.7 Å². The first-order valence-electron chi connectivity index (χ1n) is 5.99. The highest BCUT2D eigenvalue weighted by Gasteiger charge is 2.11. The largest absolute Gasteiger partial charge is 0.508 e. The number of hydrogen-bond donors (Lipinski definition) is 1. The molecule has 0 fully saturated rings. The minimum absolute atomic E-state index is 0.377. The zero-order valence-corrected chi connectivity index (χ0v) is 13.3. The predicted octanol–water partition coefficient (Wildman–Crippen LogP) is 3.90. The molecule has 1 rings (SSSR count). The molecule has 1 N–H and O–H groups in total. The van der Waals surface area contributed by atoms with Crippen molar-refractivity contribution in [1.29, 1.82) is 0 Å². The third-order valence-corrected chi connectivity index (χ3v) is 4.58. The summed E-state index contributed by atoms with van der Waals surface area (Å²) in [6, 6.07) is 3.95. The lowest BCUT2D eigenvalue weighted by Gasteiger charge is -2.17. The van der Waals surface area contributed by atoms with Gasteiger partial charge in [-0.15, -0.1) is 0 Å². The van der Waals surface area contributed by atoms with E-state index in [0.717, 1.165) is 15.6 Å². The molecule has 0 atom stereocenters. The Morgan fingerprint density at radius 1 is 1.39 bits per heavy atom. The molecule has 100 valence electrons. The third-order valence-electron chi connectivity index (χ3n) is 2.80.